The first kappa shape index (κ1) is 18.8. The summed E-state index contributed by atoms with van der Waals surface area (Å²) in [4.78, 5) is 10.9. The third kappa shape index (κ3) is 3.71. The zero-order valence-electron chi connectivity index (χ0n) is 16.3. The summed E-state index contributed by atoms with van der Waals surface area (Å²) in [5, 5.41) is 8.96. The molecule has 0 bridgehead atoms. The van der Waals surface area contributed by atoms with Crippen molar-refractivity contribution in [2.24, 2.45) is 0 Å². The molecule has 1 aliphatic heterocycles. The second-order valence-electron chi connectivity index (χ2n) is 8.31. The van der Waals surface area contributed by atoms with E-state index >= 15 is 0 Å². The van der Waals surface area contributed by atoms with E-state index in [4.69, 9.17) is 14.6 Å². The summed E-state index contributed by atoms with van der Waals surface area (Å²) in [6.07, 6.45) is 4.28. The van der Waals surface area contributed by atoms with Crippen molar-refractivity contribution in [3.63, 3.8) is 0 Å². The van der Waals surface area contributed by atoms with Gasteiger partial charge in [0.1, 0.15) is 29.5 Å². The van der Waals surface area contributed by atoms with Crippen molar-refractivity contribution >= 4 is 5.97 Å². The van der Waals surface area contributed by atoms with Crippen LogP contribution in [0.1, 0.15) is 54.5 Å². The van der Waals surface area contributed by atoms with Crippen molar-refractivity contribution in [1.82, 2.24) is 0 Å². The summed E-state index contributed by atoms with van der Waals surface area (Å²) in [6, 6.07) is 6.92. The number of carboxylic acid groups (broad SMARTS) is 1. The number of halogens is 1. The van der Waals surface area contributed by atoms with Gasteiger partial charge < -0.3 is 14.6 Å². The molecule has 1 heterocycles. The molecule has 4 rings (SSSR count). The zero-order valence-corrected chi connectivity index (χ0v) is 16.3. The molecule has 148 valence electrons. The molecule has 0 atom stereocenters. The number of hydrogen-bond acceptors (Lipinski definition) is 3. The fourth-order valence-corrected chi connectivity index (χ4v) is 4.37. The minimum Gasteiger partial charge on any atom is -0.488 e. The van der Waals surface area contributed by atoms with Crippen LogP contribution in [0.2, 0.25) is 0 Å². The van der Waals surface area contributed by atoms with E-state index in [0.29, 0.717) is 12.8 Å². The highest BCUT2D eigenvalue weighted by Gasteiger charge is 2.32. The molecular weight excluding hydrogens is 359 g/mol. The zero-order chi connectivity index (χ0) is 19.9. The Morgan fingerprint density at radius 2 is 2.00 bits per heavy atom. The minimum absolute atomic E-state index is 0.134. The largest absolute Gasteiger partial charge is 0.488 e. The van der Waals surface area contributed by atoms with Gasteiger partial charge in [-0.05, 0) is 74.4 Å². The first-order valence-electron chi connectivity index (χ1n) is 9.81. The Morgan fingerprint density at radius 3 is 2.79 bits per heavy atom. The quantitative estimate of drug-likeness (QED) is 0.789. The average molecular weight is 384 g/mol. The number of aryl methyl sites for hydroxylation is 1. The van der Waals surface area contributed by atoms with Crippen LogP contribution in [0.5, 0.6) is 11.5 Å². The van der Waals surface area contributed by atoms with E-state index in [2.05, 4.69) is 0 Å². The third-order valence-electron chi connectivity index (χ3n) is 5.53. The van der Waals surface area contributed by atoms with Crippen LogP contribution in [-0.4, -0.2) is 16.7 Å². The molecule has 0 aromatic heterocycles. The SMILES string of the molecule is CC1(C)Cc2cc(F)cc(COc3ccc(CCC(=O)O)c4c3CCC4)c2O1. The molecule has 0 fully saturated rings. The van der Waals surface area contributed by atoms with Crippen LogP contribution in [0.15, 0.2) is 24.3 Å². The predicted molar refractivity (Wildman–Crippen MR) is 104 cm³/mol. The lowest BCUT2D eigenvalue weighted by Gasteiger charge is -2.19. The maximum atomic E-state index is 14.1. The highest BCUT2D eigenvalue weighted by molar-refractivity contribution is 5.67. The van der Waals surface area contributed by atoms with Gasteiger partial charge >= 0.3 is 5.97 Å². The average Bonchev–Trinajstić information content (AvgIpc) is 3.21. The van der Waals surface area contributed by atoms with Gasteiger partial charge in [-0.1, -0.05) is 6.07 Å². The molecule has 0 saturated heterocycles. The second-order valence-corrected chi connectivity index (χ2v) is 8.31. The maximum Gasteiger partial charge on any atom is 0.303 e. The Kier molecular flexibility index (Phi) is 4.77. The highest BCUT2D eigenvalue weighted by Crippen LogP contribution is 2.40. The number of fused-ring (bicyclic) bond motifs is 2. The van der Waals surface area contributed by atoms with E-state index in [0.717, 1.165) is 53.0 Å². The van der Waals surface area contributed by atoms with Crippen LogP contribution in [0.4, 0.5) is 4.39 Å². The van der Waals surface area contributed by atoms with Crippen LogP contribution < -0.4 is 9.47 Å². The van der Waals surface area contributed by atoms with E-state index < -0.39 is 5.97 Å². The number of ether oxygens (including phenoxy) is 2. The van der Waals surface area contributed by atoms with Crippen molar-refractivity contribution in [3.05, 3.63) is 57.9 Å². The Labute approximate surface area is 164 Å². The van der Waals surface area contributed by atoms with E-state index in [9.17, 15) is 9.18 Å². The van der Waals surface area contributed by atoms with Gasteiger partial charge in [0.2, 0.25) is 0 Å². The number of rotatable bonds is 6. The van der Waals surface area contributed by atoms with Gasteiger partial charge in [-0.2, -0.15) is 0 Å². The third-order valence-corrected chi connectivity index (χ3v) is 5.53. The number of carboxylic acids is 1. The molecule has 2 aromatic rings. The molecule has 1 aliphatic carbocycles. The van der Waals surface area contributed by atoms with Crippen LogP contribution in [0.25, 0.3) is 0 Å². The molecule has 2 aromatic carbocycles. The number of aliphatic carboxylic acids is 1. The van der Waals surface area contributed by atoms with Gasteiger partial charge in [0.05, 0.1) is 0 Å². The van der Waals surface area contributed by atoms with Gasteiger partial charge in [-0.15, -0.1) is 0 Å². The van der Waals surface area contributed by atoms with E-state index in [1.807, 2.05) is 26.0 Å². The van der Waals surface area contributed by atoms with Crippen molar-refractivity contribution in [1.29, 1.82) is 0 Å². The monoisotopic (exact) mass is 384 g/mol. The fourth-order valence-electron chi connectivity index (χ4n) is 4.37. The van der Waals surface area contributed by atoms with Crippen LogP contribution in [0.3, 0.4) is 0 Å². The van der Waals surface area contributed by atoms with Gasteiger partial charge in [-0.3, -0.25) is 4.79 Å². The normalized spacial score (nSPS) is 16.4. The molecule has 0 unspecified atom stereocenters. The topological polar surface area (TPSA) is 55.8 Å². The standard InChI is InChI=1S/C23H25FO4/c1-23(2)12-15-10-17(24)11-16(22(15)28-23)13-27-20-8-6-14(7-9-21(25)26)18-4-3-5-19(18)20/h6,8,10-11H,3-5,7,9,12-13H2,1-2H3,(H,25,26). The lowest BCUT2D eigenvalue weighted by molar-refractivity contribution is -0.136. The molecule has 2 aliphatic rings. The lowest BCUT2D eigenvalue weighted by Crippen LogP contribution is -2.25. The van der Waals surface area contributed by atoms with Crippen molar-refractivity contribution in [3.8, 4) is 11.5 Å². The molecule has 0 spiro atoms. The minimum atomic E-state index is -0.782. The summed E-state index contributed by atoms with van der Waals surface area (Å²) in [6.45, 7) is 4.24. The van der Waals surface area contributed by atoms with Gasteiger partial charge in [0, 0.05) is 24.0 Å². The van der Waals surface area contributed by atoms with Gasteiger partial charge in [-0.25, -0.2) is 4.39 Å². The molecule has 5 heteroatoms. The second kappa shape index (κ2) is 7.12. The van der Waals surface area contributed by atoms with Crippen LogP contribution in [-0.2, 0) is 37.1 Å². The smallest absolute Gasteiger partial charge is 0.303 e. The predicted octanol–water partition coefficient (Wildman–Crippen LogP) is 4.62. The Bertz CT molecular complexity index is 933. The molecule has 1 N–H and O–H groups in total. The van der Waals surface area contributed by atoms with Crippen LogP contribution in [0, 0.1) is 5.82 Å². The Morgan fingerprint density at radius 1 is 1.21 bits per heavy atom. The summed E-state index contributed by atoms with van der Waals surface area (Å²) in [5.41, 5.74) is 4.76. The van der Waals surface area contributed by atoms with Crippen LogP contribution >= 0.6 is 0 Å². The Hall–Kier alpha value is -2.56. The number of hydrogen-bond donors (Lipinski definition) is 1. The van der Waals surface area contributed by atoms with Crippen molar-refractivity contribution < 1.29 is 23.8 Å². The molecule has 0 radical (unpaired) electrons. The van der Waals surface area contributed by atoms with E-state index in [-0.39, 0.29) is 24.4 Å². The molecule has 0 saturated carbocycles. The summed E-state index contributed by atoms with van der Waals surface area (Å²) in [7, 11) is 0. The molecule has 0 amide bonds. The van der Waals surface area contributed by atoms with Crippen molar-refractivity contribution in [2.75, 3.05) is 0 Å². The van der Waals surface area contributed by atoms with Gasteiger partial charge in [0.15, 0.2) is 0 Å². The molecule has 4 nitrogen and oxygen atoms in total. The summed E-state index contributed by atoms with van der Waals surface area (Å²) < 4.78 is 26.2. The number of benzene rings is 2. The van der Waals surface area contributed by atoms with Gasteiger partial charge in [0.25, 0.3) is 0 Å². The summed E-state index contributed by atoms with van der Waals surface area (Å²) >= 11 is 0. The highest BCUT2D eigenvalue weighted by atomic mass is 19.1. The first-order chi connectivity index (χ1) is 13.3. The van der Waals surface area contributed by atoms with E-state index in [1.165, 1.54) is 11.6 Å². The number of carbonyl (C=O) groups is 1. The molecule has 28 heavy (non-hydrogen) atoms. The van der Waals surface area contributed by atoms with E-state index in [1.54, 1.807) is 6.07 Å². The maximum absolute atomic E-state index is 14.1. The Balaban J connectivity index is 1.56. The lowest BCUT2D eigenvalue weighted by atomic mass is 9.98. The van der Waals surface area contributed by atoms with Crippen molar-refractivity contribution in [2.45, 2.75) is 64.6 Å². The summed E-state index contributed by atoms with van der Waals surface area (Å²) in [5.74, 6) is 0.492. The fraction of sp³-hybridized carbons (Fsp3) is 0.435. The first-order valence-corrected chi connectivity index (χ1v) is 9.81. The molecular formula is C23H25FO4.